The molecular weight excluding hydrogens is 246 g/mol. The quantitative estimate of drug-likeness (QED) is 0.774. The fourth-order valence-corrected chi connectivity index (χ4v) is 3.76. The number of rotatable bonds is 1. The summed E-state index contributed by atoms with van der Waals surface area (Å²) in [5, 5.41) is 2.86. The van der Waals surface area contributed by atoms with Gasteiger partial charge in [0.05, 0.1) is 5.01 Å². The first-order valence-electron chi connectivity index (χ1n) is 6.55. The lowest BCUT2D eigenvalue weighted by atomic mass is 9.95. The number of fused-ring (bicyclic) bond motifs is 4. The zero-order valence-corrected chi connectivity index (χ0v) is 11.7. The number of aryl methyl sites for hydroxylation is 1. The normalized spacial score (nSPS) is 28.4. The predicted octanol–water partition coefficient (Wildman–Crippen LogP) is 1.62. The first-order chi connectivity index (χ1) is 8.63. The standard InChI is InChI=1S/C13H19N3OS/c1-9-14-12(8-18-9)13(17)16-6-10-3-4-11(16)7-15(2)5-10/h8,10-11H,3-7H2,1-2H3/t10-,11+/m0/s1. The number of likely N-dealkylation sites (N-methyl/N-ethyl adjacent to an activating group) is 1. The summed E-state index contributed by atoms with van der Waals surface area (Å²) < 4.78 is 0. The summed E-state index contributed by atoms with van der Waals surface area (Å²) in [4.78, 5) is 21.3. The Balaban J connectivity index is 1.82. The lowest BCUT2D eigenvalue weighted by Gasteiger charge is -2.35. The molecule has 2 bridgehead atoms. The van der Waals surface area contributed by atoms with Crippen LogP contribution >= 0.6 is 11.3 Å². The van der Waals surface area contributed by atoms with Crippen molar-refractivity contribution in [3.8, 4) is 0 Å². The first kappa shape index (κ1) is 12.1. The Bertz CT molecular complexity index is 459. The van der Waals surface area contributed by atoms with E-state index in [1.54, 1.807) is 11.3 Å². The third-order valence-corrected chi connectivity index (χ3v) is 4.77. The van der Waals surface area contributed by atoms with Gasteiger partial charge in [-0.05, 0) is 32.7 Å². The van der Waals surface area contributed by atoms with Gasteiger partial charge in [0.25, 0.3) is 5.91 Å². The zero-order chi connectivity index (χ0) is 12.7. The van der Waals surface area contributed by atoms with Crippen LogP contribution in [0.1, 0.15) is 28.3 Å². The maximum atomic E-state index is 12.5. The molecule has 2 atom stereocenters. The van der Waals surface area contributed by atoms with Gasteiger partial charge in [-0.15, -0.1) is 11.3 Å². The van der Waals surface area contributed by atoms with Crippen LogP contribution in [0.25, 0.3) is 0 Å². The lowest BCUT2D eigenvalue weighted by Crippen LogP contribution is -2.47. The number of nitrogens with zero attached hydrogens (tertiary/aromatic N) is 3. The molecule has 4 heterocycles. The van der Waals surface area contributed by atoms with Crippen LogP contribution in [0.2, 0.25) is 0 Å². The van der Waals surface area contributed by atoms with Crippen molar-refractivity contribution in [3.05, 3.63) is 16.1 Å². The molecule has 0 radical (unpaired) electrons. The second-order valence-corrected chi connectivity index (χ2v) is 6.59. The third-order valence-electron chi connectivity index (χ3n) is 4.00. The van der Waals surface area contributed by atoms with Crippen molar-refractivity contribution < 1.29 is 4.79 Å². The highest BCUT2D eigenvalue weighted by atomic mass is 32.1. The van der Waals surface area contributed by atoms with Crippen molar-refractivity contribution in [1.29, 1.82) is 0 Å². The average molecular weight is 265 g/mol. The Morgan fingerprint density at radius 1 is 1.39 bits per heavy atom. The number of aromatic nitrogens is 1. The minimum absolute atomic E-state index is 0.129. The van der Waals surface area contributed by atoms with Gasteiger partial charge in [-0.25, -0.2) is 4.98 Å². The average Bonchev–Trinajstić information content (AvgIpc) is 2.60. The van der Waals surface area contributed by atoms with E-state index in [1.165, 1.54) is 6.42 Å². The summed E-state index contributed by atoms with van der Waals surface area (Å²) in [6.07, 6.45) is 2.40. The van der Waals surface area contributed by atoms with Crippen molar-refractivity contribution in [3.63, 3.8) is 0 Å². The summed E-state index contributed by atoms with van der Waals surface area (Å²) >= 11 is 1.55. The number of carbonyl (C=O) groups is 1. The molecule has 0 N–H and O–H groups in total. The number of amides is 1. The number of thiazole rings is 1. The Kier molecular flexibility index (Phi) is 3.11. The van der Waals surface area contributed by atoms with E-state index in [-0.39, 0.29) is 5.91 Å². The molecule has 3 saturated heterocycles. The fourth-order valence-electron chi connectivity index (χ4n) is 3.17. The summed E-state index contributed by atoms with van der Waals surface area (Å²) in [7, 11) is 2.16. The van der Waals surface area contributed by atoms with Gasteiger partial charge in [0.2, 0.25) is 0 Å². The van der Waals surface area contributed by atoms with Gasteiger partial charge in [-0.2, -0.15) is 0 Å². The van der Waals surface area contributed by atoms with Crippen molar-refractivity contribution in [2.75, 3.05) is 26.7 Å². The van der Waals surface area contributed by atoms with E-state index in [0.717, 1.165) is 31.1 Å². The van der Waals surface area contributed by atoms with E-state index >= 15 is 0 Å². The Morgan fingerprint density at radius 3 is 2.94 bits per heavy atom. The number of piperidine rings is 1. The highest BCUT2D eigenvalue weighted by Gasteiger charge is 2.36. The smallest absolute Gasteiger partial charge is 0.273 e. The largest absolute Gasteiger partial charge is 0.333 e. The van der Waals surface area contributed by atoms with Gasteiger partial charge in [0.15, 0.2) is 0 Å². The molecule has 3 aliphatic rings. The van der Waals surface area contributed by atoms with E-state index in [4.69, 9.17) is 0 Å². The van der Waals surface area contributed by atoms with Gasteiger partial charge in [0.1, 0.15) is 5.69 Å². The van der Waals surface area contributed by atoms with Crippen LogP contribution < -0.4 is 0 Å². The Morgan fingerprint density at radius 2 is 2.22 bits per heavy atom. The molecule has 1 aromatic rings. The molecule has 0 saturated carbocycles. The SMILES string of the molecule is Cc1nc(C(=O)N2C[C@H]3CC[C@@H]2CN(C)C3)cs1. The summed E-state index contributed by atoms with van der Waals surface area (Å²) in [5.74, 6) is 0.766. The van der Waals surface area contributed by atoms with Crippen LogP contribution in [0.4, 0.5) is 0 Å². The molecule has 0 aromatic carbocycles. The van der Waals surface area contributed by atoms with E-state index < -0.39 is 0 Å². The topological polar surface area (TPSA) is 36.4 Å². The van der Waals surface area contributed by atoms with Gasteiger partial charge in [-0.3, -0.25) is 4.79 Å². The second kappa shape index (κ2) is 4.63. The fraction of sp³-hybridized carbons (Fsp3) is 0.692. The molecule has 1 aromatic heterocycles. The molecule has 0 spiro atoms. The highest BCUT2D eigenvalue weighted by molar-refractivity contribution is 7.09. The summed E-state index contributed by atoms with van der Waals surface area (Å²) in [5.41, 5.74) is 0.632. The molecule has 0 unspecified atom stereocenters. The monoisotopic (exact) mass is 265 g/mol. The molecule has 98 valence electrons. The van der Waals surface area contributed by atoms with Crippen LogP contribution in [0.5, 0.6) is 0 Å². The molecule has 5 heteroatoms. The lowest BCUT2D eigenvalue weighted by molar-refractivity contribution is 0.0581. The number of hydrogen-bond acceptors (Lipinski definition) is 4. The van der Waals surface area contributed by atoms with E-state index in [2.05, 4.69) is 21.8 Å². The van der Waals surface area contributed by atoms with E-state index in [1.807, 2.05) is 12.3 Å². The van der Waals surface area contributed by atoms with Crippen LogP contribution in [-0.2, 0) is 0 Å². The van der Waals surface area contributed by atoms with Gasteiger partial charge in [0, 0.05) is 31.1 Å². The second-order valence-electron chi connectivity index (χ2n) is 5.53. The predicted molar refractivity (Wildman–Crippen MR) is 71.9 cm³/mol. The molecule has 4 rings (SSSR count). The Hall–Kier alpha value is -0.940. The van der Waals surface area contributed by atoms with Crippen LogP contribution in [0.3, 0.4) is 0 Å². The van der Waals surface area contributed by atoms with Crippen molar-refractivity contribution in [2.45, 2.75) is 25.8 Å². The van der Waals surface area contributed by atoms with Crippen LogP contribution in [-0.4, -0.2) is 53.4 Å². The van der Waals surface area contributed by atoms with Crippen LogP contribution in [0.15, 0.2) is 5.38 Å². The molecule has 4 nitrogen and oxygen atoms in total. The number of carbonyl (C=O) groups excluding carboxylic acids is 1. The van der Waals surface area contributed by atoms with Gasteiger partial charge < -0.3 is 9.80 Å². The number of hydrogen-bond donors (Lipinski definition) is 0. The van der Waals surface area contributed by atoms with Crippen molar-refractivity contribution >= 4 is 17.2 Å². The first-order valence-corrected chi connectivity index (χ1v) is 7.43. The maximum absolute atomic E-state index is 12.5. The van der Waals surface area contributed by atoms with E-state index in [9.17, 15) is 4.79 Å². The highest BCUT2D eigenvalue weighted by Crippen LogP contribution is 2.28. The summed E-state index contributed by atoms with van der Waals surface area (Å²) in [6.45, 7) is 4.98. The van der Waals surface area contributed by atoms with Crippen molar-refractivity contribution in [2.24, 2.45) is 5.92 Å². The third kappa shape index (κ3) is 2.17. The minimum Gasteiger partial charge on any atom is -0.333 e. The zero-order valence-electron chi connectivity index (χ0n) is 10.9. The Labute approximate surface area is 112 Å². The molecule has 3 fully saturated rings. The molecule has 3 aliphatic heterocycles. The summed E-state index contributed by atoms with van der Waals surface area (Å²) in [6, 6.07) is 0.378. The van der Waals surface area contributed by atoms with Gasteiger partial charge in [-0.1, -0.05) is 0 Å². The van der Waals surface area contributed by atoms with Crippen molar-refractivity contribution in [1.82, 2.24) is 14.8 Å². The molecule has 18 heavy (non-hydrogen) atoms. The van der Waals surface area contributed by atoms with Crippen LogP contribution in [0, 0.1) is 12.8 Å². The molecular formula is C13H19N3OS. The maximum Gasteiger partial charge on any atom is 0.273 e. The van der Waals surface area contributed by atoms with Gasteiger partial charge >= 0.3 is 0 Å². The minimum atomic E-state index is 0.129. The molecule has 1 amide bonds. The van der Waals surface area contributed by atoms with E-state index in [0.29, 0.717) is 17.7 Å². The molecule has 0 aliphatic carbocycles.